The number of carbonyl (C=O) groups excluding carboxylic acids is 1. The number of amides is 1. The molecule has 0 saturated heterocycles. The molecular formula is C20H24N2O4S. The second-order valence-electron chi connectivity index (χ2n) is 6.64. The van der Waals surface area contributed by atoms with Crippen LogP contribution in [-0.2, 0) is 32.6 Å². The molecule has 0 bridgehead atoms. The van der Waals surface area contributed by atoms with E-state index in [0.717, 1.165) is 5.56 Å². The first kappa shape index (κ1) is 19.5. The van der Waals surface area contributed by atoms with E-state index in [1.165, 1.54) is 11.6 Å². The van der Waals surface area contributed by atoms with Crippen LogP contribution in [0, 0.1) is 6.92 Å². The van der Waals surface area contributed by atoms with Crippen molar-refractivity contribution in [2.24, 2.45) is 0 Å². The maximum Gasteiger partial charge on any atom is 0.240 e. The molecule has 27 heavy (non-hydrogen) atoms. The molecule has 144 valence electrons. The molecule has 1 atom stereocenters. The summed E-state index contributed by atoms with van der Waals surface area (Å²) in [5, 5.41) is 2.73. The smallest absolute Gasteiger partial charge is 0.240 e. The van der Waals surface area contributed by atoms with E-state index in [1.54, 1.807) is 26.0 Å². The summed E-state index contributed by atoms with van der Waals surface area (Å²) in [6.07, 6.45) is 0.850. The van der Waals surface area contributed by atoms with E-state index < -0.39 is 10.0 Å². The van der Waals surface area contributed by atoms with Gasteiger partial charge in [-0.3, -0.25) is 4.79 Å². The molecule has 1 amide bonds. The number of rotatable bonds is 6. The number of nitrogens with one attached hydrogen (secondary N) is 2. The van der Waals surface area contributed by atoms with Gasteiger partial charge in [0.15, 0.2) is 0 Å². The number of aryl methyl sites for hydroxylation is 1. The summed E-state index contributed by atoms with van der Waals surface area (Å²) in [7, 11) is -3.66. The third kappa shape index (κ3) is 4.74. The van der Waals surface area contributed by atoms with Crippen molar-refractivity contribution in [2.75, 3.05) is 11.9 Å². The van der Waals surface area contributed by atoms with Crippen molar-refractivity contribution in [3.8, 4) is 0 Å². The molecule has 0 spiro atoms. The number of benzene rings is 2. The van der Waals surface area contributed by atoms with Gasteiger partial charge in [-0.2, -0.15) is 0 Å². The summed E-state index contributed by atoms with van der Waals surface area (Å²) < 4.78 is 33.8. The molecule has 0 radical (unpaired) electrons. The Bertz CT molecular complexity index is 941. The Morgan fingerprint density at radius 2 is 1.93 bits per heavy atom. The van der Waals surface area contributed by atoms with Crippen LogP contribution in [-0.4, -0.2) is 27.0 Å². The van der Waals surface area contributed by atoms with Crippen LogP contribution >= 0.6 is 0 Å². The first-order chi connectivity index (χ1) is 12.9. The van der Waals surface area contributed by atoms with Crippen LogP contribution in [0.15, 0.2) is 47.4 Å². The fraction of sp³-hybridized carbons (Fsp3) is 0.350. The van der Waals surface area contributed by atoms with Crippen LogP contribution in [0.25, 0.3) is 0 Å². The molecular weight excluding hydrogens is 364 g/mol. The average Bonchev–Trinajstić information content (AvgIpc) is 2.66. The summed E-state index contributed by atoms with van der Waals surface area (Å²) in [6, 6.07) is 12.8. The van der Waals surface area contributed by atoms with E-state index in [2.05, 4.69) is 10.0 Å². The number of carbonyl (C=O) groups is 1. The Morgan fingerprint density at radius 1 is 1.19 bits per heavy atom. The van der Waals surface area contributed by atoms with E-state index in [-0.39, 0.29) is 23.5 Å². The van der Waals surface area contributed by atoms with Crippen molar-refractivity contribution in [1.82, 2.24) is 4.72 Å². The molecule has 0 saturated carbocycles. The average molecular weight is 388 g/mol. The second-order valence-corrected chi connectivity index (χ2v) is 8.38. The van der Waals surface area contributed by atoms with Crippen LogP contribution in [0.3, 0.4) is 0 Å². The van der Waals surface area contributed by atoms with Crippen molar-refractivity contribution >= 4 is 21.6 Å². The molecule has 1 aliphatic heterocycles. The molecule has 1 unspecified atom stereocenters. The second kappa shape index (κ2) is 8.21. The maximum atomic E-state index is 12.7. The van der Waals surface area contributed by atoms with Gasteiger partial charge in [-0.15, -0.1) is 0 Å². The highest BCUT2D eigenvalue weighted by atomic mass is 32.2. The van der Waals surface area contributed by atoms with Crippen LogP contribution in [0.5, 0.6) is 0 Å². The van der Waals surface area contributed by atoms with Crippen molar-refractivity contribution in [3.63, 3.8) is 0 Å². The number of anilines is 1. The lowest BCUT2D eigenvalue weighted by Gasteiger charge is -2.25. The minimum absolute atomic E-state index is 0.113. The van der Waals surface area contributed by atoms with Gasteiger partial charge in [-0.05, 0) is 41.8 Å². The maximum absolute atomic E-state index is 12.7. The summed E-state index contributed by atoms with van der Waals surface area (Å²) in [5.74, 6) is -0.113. The third-order valence-corrected chi connectivity index (χ3v) is 6.19. The van der Waals surface area contributed by atoms with Gasteiger partial charge in [-0.25, -0.2) is 13.1 Å². The number of hydrogen-bond acceptors (Lipinski definition) is 4. The molecule has 0 fully saturated rings. The largest absolute Gasteiger partial charge is 0.372 e. The number of fused-ring (bicyclic) bond motifs is 1. The number of hydrogen-bond donors (Lipinski definition) is 2. The Morgan fingerprint density at radius 3 is 2.63 bits per heavy atom. The first-order valence-electron chi connectivity index (χ1n) is 8.97. The fourth-order valence-corrected chi connectivity index (χ4v) is 4.39. The molecule has 2 aromatic carbocycles. The van der Waals surface area contributed by atoms with Gasteiger partial charge in [-0.1, -0.05) is 31.2 Å². The Hall–Kier alpha value is -2.22. The lowest BCUT2D eigenvalue weighted by Crippen LogP contribution is -2.37. The fourth-order valence-electron chi connectivity index (χ4n) is 3.10. The summed E-state index contributed by atoms with van der Waals surface area (Å²) in [5.41, 5.74) is 3.51. The van der Waals surface area contributed by atoms with Gasteiger partial charge in [0.2, 0.25) is 15.9 Å². The van der Waals surface area contributed by atoms with Crippen LogP contribution in [0.4, 0.5) is 5.69 Å². The molecule has 0 aromatic heterocycles. The predicted octanol–water partition coefficient (Wildman–Crippen LogP) is 2.76. The van der Waals surface area contributed by atoms with E-state index in [0.29, 0.717) is 30.7 Å². The normalized spacial score (nSPS) is 16.6. The van der Waals surface area contributed by atoms with Gasteiger partial charge in [0.25, 0.3) is 0 Å². The Kier molecular flexibility index (Phi) is 5.94. The van der Waals surface area contributed by atoms with E-state index in [9.17, 15) is 13.2 Å². The molecule has 2 N–H and O–H groups in total. The van der Waals surface area contributed by atoms with Gasteiger partial charge in [0, 0.05) is 25.1 Å². The van der Waals surface area contributed by atoms with Gasteiger partial charge in [0.05, 0.1) is 17.6 Å². The minimum atomic E-state index is -3.66. The predicted molar refractivity (Wildman–Crippen MR) is 104 cm³/mol. The lowest BCUT2D eigenvalue weighted by atomic mass is 9.99. The van der Waals surface area contributed by atoms with E-state index in [4.69, 9.17) is 4.74 Å². The van der Waals surface area contributed by atoms with Gasteiger partial charge < -0.3 is 10.1 Å². The number of ether oxygens (including phenoxy) is 1. The molecule has 1 heterocycles. The number of sulfonamides is 1. The minimum Gasteiger partial charge on any atom is -0.372 e. The summed E-state index contributed by atoms with van der Waals surface area (Å²) in [6.45, 7) is 4.18. The zero-order chi connectivity index (χ0) is 19.4. The van der Waals surface area contributed by atoms with Crippen molar-refractivity contribution < 1.29 is 17.9 Å². The van der Waals surface area contributed by atoms with E-state index in [1.807, 2.05) is 24.3 Å². The molecule has 1 aliphatic rings. The van der Waals surface area contributed by atoms with E-state index >= 15 is 0 Å². The zero-order valence-electron chi connectivity index (χ0n) is 15.5. The molecule has 7 heteroatoms. The Balaban J connectivity index is 1.66. The molecule has 2 aromatic rings. The summed E-state index contributed by atoms with van der Waals surface area (Å²) >= 11 is 0. The lowest BCUT2D eigenvalue weighted by molar-refractivity contribution is -0.115. The highest BCUT2D eigenvalue weighted by Gasteiger charge is 2.23. The monoisotopic (exact) mass is 388 g/mol. The molecule has 6 nitrogen and oxygen atoms in total. The van der Waals surface area contributed by atoms with Gasteiger partial charge in [0.1, 0.15) is 0 Å². The topological polar surface area (TPSA) is 84.5 Å². The SMILES string of the molecule is CCC(=O)Nc1ccc(S(=O)(=O)NCC2Cc3ccccc3CO2)c(C)c1. The van der Waals surface area contributed by atoms with Crippen LogP contribution < -0.4 is 10.0 Å². The highest BCUT2D eigenvalue weighted by molar-refractivity contribution is 7.89. The van der Waals surface area contributed by atoms with Crippen molar-refractivity contribution in [3.05, 3.63) is 59.2 Å². The van der Waals surface area contributed by atoms with Crippen LogP contribution in [0.2, 0.25) is 0 Å². The quantitative estimate of drug-likeness (QED) is 0.797. The Labute approximate surface area is 160 Å². The van der Waals surface area contributed by atoms with Gasteiger partial charge >= 0.3 is 0 Å². The third-order valence-electron chi connectivity index (χ3n) is 4.61. The van der Waals surface area contributed by atoms with Crippen molar-refractivity contribution in [2.45, 2.75) is 44.3 Å². The standard InChI is InChI=1S/C20H24N2O4S/c1-3-20(23)22-17-8-9-19(14(2)10-17)27(24,25)21-12-18-11-15-6-4-5-7-16(15)13-26-18/h4-10,18,21H,3,11-13H2,1-2H3,(H,22,23). The molecule has 3 rings (SSSR count). The highest BCUT2D eigenvalue weighted by Crippen LogP contribution is 2.22. The summed E-state index contributed by atoms with van der Waals surface area (Å²) in [4.78, 5) is 11.7. The first-order valence-corrected chi connectivity index (χ1v) is 10.5. The van der Waals surface area contributed by atoms with Crippen molar-refractivity contribution in [1.29, 1.82) is 0 Å². The van der Waals surface area contributed by atoms with Crippen LogP contribution in [0.1, 0.15) is 30.0 Å². The molecule has 0 aliphatic carbocycles. The zero-order valence-corrected chi connectivity index (χ0v) is 16.3.